The highest BCUT2D eigenvalue weighted by atomic mass is 16.7. The van der Waals surface area contributed by atoms with Crippen molar-refractivity contribution in [3.05, 3.63) is 29.8 Å². The van der Waals surface area contributed by atoms with Crippen molar-refractivity contribution in [1.82, 2.24) is 5.48 Å². The van der Waals surface area contributed by atoms with Gasteiger partial charge in [-0.25, -0.2) is 10.3 Å². The minimum absolute atomic E-state index is 0.274. The highest BCUT2D eigenvalue weighted by molar-refractivity contribution is 5.96. The summed E-state index contributed by atoms with van der Waals surface area (Å²) in [6.45, 7) is -0.596. The lowest BCUT2D eigenvalue weighted by atomic mass is 10.2. The number of benzene rings is 1. The molecular formula is C10H11NO5. The molecule has 0 aliphatic rings. The van der Waals surface area contributed by atoms with Crippen LogP contribution in [0, 0.1) is 0 Å². The quantitative estimate of drug-likeness (QED) is 0.710. The molecule has 0 aromatic heterocycles. The first-order chi connectivity index (χ1) is 7.65. The standard InChI is InChI=1S/C10H11NO5/c1-15-8-5-3-2-4-7(8)10(14)11-16-6-9(12)13/h2-5H,6H2,1H3,(H,11,14)(H,12,13). The van der Waals surface area contributed by atoms with Crippen LogP contribution in [0.4, 0.5) is 0 Å². The molecule has 86 valence electrons. The number of hydrogen-bond donors (Lipinski definition) is 2. The van der Waals surface area contributed by atoms with Crippen LogP contribution in [0.5, 0.6) is 5.75 Å². The number of hydroxylamine groups is 1. The summed E-state index contributed by atoms with van der Waals surface area (Å²) in [5, 5.41) is 8.30. The molecule has 0 saturated carbocycles. The van der Waals surface area contributed by atoms with Crippen LogP contribution in [0.3, 0.4) is 0 Å². The van der Waals surface area contributed by atoms with Crippen molar-refractivity contribution in [2.45, 2.75) is 0 Å². The summed E-state index contributed by atoms with van der Waals surface area (Å²) in [7, 11) is 1.43. The number of amides is 1. The lowest BCUT2D eigenvalue weighted by Gasteiger charge is -2.07. The van der Waals surface area contributed by atoms with Gasteiger partial charge in [-0.05, 0) is 12.1 Å². The van der Waals surface area contributed by atoms with E-state index in [2.05, 4.69) is 4.84 Å². The van der Waals surface area contributed by atoms with Crippen LogP contribution in [0.2, 0.25) is 0 Å². The molecule has 1 aromatic rings. The Labute approximate surface area is 91.7 Å². The Bertz CT molecular complexity index is 391. The number of hydrogen-bond acceptors (Lipinski definition) is 4. The molecule has 0 saturated heterocycles. The van der Waals surface area contributed by atoms with E-state index in [1.54, 1.807) is 18.2 Å². The molecule has 0 unspecified atom stereocenters. The van der Waals surface area contributed by atoms with Gasteiger partial charge in [0.1, 0.15) is 5.75 Å². The van der Waals surface area contributed by atoms with Gasteiger partial charge in [0.05, 0.1) is 12.7 Å². The van der Waals surface area contributed by atoms with Gasteiger partial charge in [-0.15, -0.1) is 0 Å². The fourth-order valence-electron chi connectivity index (χ4n) is 1.05. The Morgan fingerprint density at radius 1 is 1.38 bits per heavy atom. The summed E-state index contributed by atoms with van der Waals surface area (Å²) in [5.41, 5.74) is 2.28. The number of ether oxygens (including phenoxy) is 1. The van der Waals surface area contributed by atoms with Crippen LogP contribution in [0.15, 0.2) is 24.3 Å². The fourth-order valence-corrected chi connectivity index (χ4v) is 1.05. The molecule has 0 aliphatic heterocycles. The predicted molar refractivity (Wildman–Crippen MR) is 54.0 cm³/mol. The SMILES string of the molecule is COc1ccccc1C(=O)NOCC(=O)O. The van der Waals surface area contributed by atoms with Gasteiger partial charge in [-0.3, -0.25) is 9.63 Å². The van der Waals surface area contributed by atoms with E-state index in [4.69, 9.17) is 9.84 Å². The maximum absolute atomic E-state index is 11.5. The van der Waals surface area contributed by atoms with E-state index >= 15 is 0 Å². The molecule has 1 amide bonds. The van der Waals surface area contributed by atoms with Crippen molar-refractivity contribution in [1.29, 1.82) is 0 Å². The van der Waals surface area contributed by atoms with Crippen LogP contribution in [-0.4, -0.2) is 30.7 Å². The Morgan fingerprint density at radius 3 is 2.69 bits per heavy atom. The third kappa shape index (κ3) is 3.25. The average Bonchev–Trinajstić information content (AvgIpc) is 2.28. The van der Waals surface area contributed by atoms with Crippen LogP contribution in [0.1, 0.15) is 10.4 Å². The number of carbonyl (C=O) groups excluding carboxylic acids is 1. The highest BCUT2D eigenvalue weighted by Gasteiger charge is 2.11. The summed E-state index contributed by atoms with van der Waals surface area (Å²) in [5.74, 6) is -1.34. The molecule has 6 nitrogen and oxygen atoms in total. The Kier molecular flexibility index (Phi) is 4.28. The summed E-state index contributed by atoms with van der Waals surface area (Å²) >= 11 is 0. The molecule has 2 N–H and O–H groups in total. The van der Waals surface area contributed by atoms with Crippen LogP contribution in [-0.2, 0) is 9.63 Å². The minimum atomic E-state index is -1.17. The van der Waals surface area contributed by atoms with Crippen LogP contribution in [0.25, 0.3) is 0 Å². The number of nitrogens with one attached hydrogen (secondary N) is 1. The van der Waals surface area contributed by atoms with Gasteiger partial charge < -0.3 is 9.84 Å². The normalized spacial score (nSPS) is 9.56. The van der Waals surface area contributed by atoms with E-state index < -0.39 is 18.5 Å². The number of carbonyl (C=O) groups is 2. The zero-order valence-electron chi connectivity index (χ0n) is 8.60. The smallest absolute Gasteiger partial charge is 0.332 e. The molecule has 0 atom stereocenters. The maximum Gasteiger partial charge on any atom is 0.332 e. The lowest BCUT2D eigenvalue weighted by molar-refractivity contribution is -0.144. The third-order valence-electron chi connectivity index (χ3n) is 1.71. The molecule has 0 spiro atoms. The molecule has 0 aliphatic carbocycles. The first-order valence-corrected chi connectivity index (χ1v) is 4.42. The van der Waals surface area contributed by atoms with E-state index in [1.165, 1.54) is 13.2 Å². The molecule has 1 rings (SSSR count). The molecule has 1 aromatic carbocycles. The van der Waals surface area contributed by atoms with Crippen molar-refractivity contribution in [2.24, 2.45) is 0 Å². The summed E-state index contributed by atoms with van der Waals surface area (Å²) < 4.78 is 4.96. The number of carboxylic acids is 1. The Balaban J connectivity index is 2.62. The van der Waals surface area contributed by atoms with Crippen molar-refractivity contribution < 1.29 is 24.3 Å². The highest BCUT2D eigenvalue weighted by Crippen LogP contribution is 2.16. The number of aliphatic carboxylic acids is 1. The van der Waals surface area contributed by atoms with Crippen molar-refractivity contribution in [3.63, 3.8) is 0 Å². The van der Waals surface area contributed by atoms with E-state index in [9.17, 15) is 9.59 Å². The number of para-hydroxylation sites is 1. The minimum Gasteiger partial charge on any atom is -0.496 e. The molecule has 0 radical (unpaired) electrons. The van der Waals surface area contributed by atoms with Crippen molar-refractivity contribution in [3.8, 4) is 5.75 Å². The maximum atomic E-state index is 11.5. The fraction of sp³-hybridized carbons (Fsp3) is 0.200. The Morgan fingerprint density at radius 2 is 2.06 bits per heavy atom. The molecule has 0 heterocycles. The Hall–Kier alpha value is -2.08. The van der Waals surface area contributed by atoms with Gasteiger partial charge >= 0.3 is 5.97 Å². The van der Waals surface area contributed by atoms with Gasteiger partial charge in [-0.2, -0.15) is 0 Å². The van der Waals surface area contributed by atoms with E-state index in [1.807, 2.05) is 5.48 Å². The van der Waals surface area contributed by atoms with Gasteiger partial charge in [0.2, 0.25) is 0 Å². The molecule has 16 heavy (non-hydrogen) atoms. The topological polar surface area (TPSA) is 84.9 Å². The van der Waals surface area contributed by atoms with E-state index in [-0.39, 0.29) is 5.56 Å². The third-order valence-corrected chi connectivity index (χ3v) is 1.71. The number of carboxylic acid groups (broad SMARTS) is 1. The first kappa shape index (κ1) is 12.0. The zero-order chi connectivity index (χ0) is 12.0. The molecule has 0 fully saturated rings. The van der Waals surface area contributed by atoms with E-state index in [0.29, 0.717) is 5.75 Å². The summed E-state index contributed by atoms with van der Waals surface area (Å²) in [6, 6.07) is 6.53. The first-order valence-electron chi connectivity index (χ1n) is 4.42. The van der Waals surface area contributed by atoms with Crippen LogP contribution >= 0.6 is 0 Å². The monoisotopic (exact) mass is 225 g/mol. The number of rotatable bonds is 5. The second kappa shape index (κ2) is 5.72. The zero-order valence-corrected chi connectivity index (χ0v) is 8.60. The predicted octanol–water partition coefficient (Wildman–Crippen LogP) is 0.441. The largest absolute Gasteiger partial charge is 0.496 e. The van der Waals surface area contributed by atoms with Gasteiger partial charge in [0.25, 0.3) is 5.91 Å². The molecular weight excluding hydrogens is 214 g/mol. The van der Waals surface area contributed by atoms with E-state index in [0.717, 1.165) is 0 Å². The van der Waals surface area contributed by atoms with Crippen LogP contribution < -0.4 is 10.2 Å². The van der Waals surface area contributed by atoms with Gasteiger partial charge in [0.15, 0.2) is 6.61 Å². The lowest BCUT2D eigenvalue weighted by Crippen LogP contribution is -2.26. The van der Waals surface area contributed by atoms with Gasteiger partial charge in [-0.1, -0.05) is 12.1 Å². The molecule has 6 heteroatoms. The van der Waals surface area contributed by atoms with Gasteiger partial charge in [0, 0.05) is 0 Å². The number of methoxy groups -OCH3 is 1. The summed E-state index contributed by atoms with van der Waals surface area (Å²) in [6.07, 6.45) is 0. The second-order valence-electron chi connectivity index (χ2n) is 2.81. The van der Waals surface area contributed by atoms with Crippen molar-refractivity contribution in [2.75, 3.05) is 13.7 Å². The summed E-state index contributed by atoms with van der Waals surface area (Å²) in [4.78, 5) is 26.1. The second-order valence-corrected chi connectivity index (χ2v) is 2.81. The van der Waals surface area contributed by atoms with Crippen molar-refractivity contribution >= 4 is 11.9 Å². The molecule has 0 bridgehead atoms. The average molecular weight is 225 g/mol.